The Balaban J connectivity index is 2.18. The molecule has 5 nitrogen and oxygen atoms in total. The fourth-order valence-electron chi connectivity index (χ4n) is 3.70. The maximum absolute atomic E-state index is 12.7. The first-order valence-electron chi connectivity index (χ1n) is 9.81. The predicted octanol–water partition coefficient (Wildman–Crippen LogP) is 5.45. The number of methoxy groups -OCH3 is 3. The summed E-state index contributed by atoms with van der Waals surface area (Å²) in [7, 11) is 4.88. The zero-order valence-corrected chi connectivity index (χ0v) is 18.2. The highest BCUT2D eigenvalue weighted by Gasteiger charge is 2.27. The SMILES string of the molecule is COc1cc2c(cc1OC)C(=Cc1cc(C(C)C)c(OC)c(C(C)C)c1)C(=O)N2. The van der Waals surface area contributed by atoms with Gasteiger partial charge in [-0.1, -0.05) is 27.7 Å². The lowest BCUT2D eigenvalue weighted by Crippen LogP contribution is -2.04. The number of nitrogens with one attached hydrogen (secondary N) is 1. The van der Waals surface area contributed by atoms with E-state index in [9.17, 15) is 4.79 Å². The van der Waals surface area contributed by atoms with Crippen LogP contribution in [0.15, 0.2) is 24.3 Å². The zero-order chi connectivity index (χ0) is 21.3. The van der Waals surface area contributed by atoms with Crippen LogP contribution >= 0.6 is 0 Å². The Labute approximate surface area is 172 Å². The van der Waals surface area contributed by atoms with Gasteiger partial charge in [0.25, 0.3) is 5.91 Å². The second-order valence-corrected chi connectivity index (χ2v) is 7.81. The minimum Gasteiger partial charge on any atom is -0.496 e. The van der Waals surface area contributed by atoms with E-state index in [1.807, 2.05) is 12.1 Å². The van der Waals surface area contributed by atoms with Gasteiger partial charge < -0.3 is 19.5 Å². The Morgan fingerprint density at radius 2 is 1.38 bits per heavy atom. The average Bonchev–Trinajstić information content (AvgIpc) is 3.00. The second kappa shape index (κ2) is 8.19. The molecule has 0 aromatic heterocycles. The smallest absolute Gasteiger partial charge is 0.256 e. The maximum Gasteiger partial charge on any atom is 0.256 e. The zero-order valence-electron chi connectivity index (χ0n) is 18.2. The molecule has 0 unspecified atom stereocenters. The van der Waals surface area contributed by atoms with Crippen LogP contribution in [-0.2, 0) is 4.79 Å². The van der Waals surface area contributed by atoms with Crippen molar-refractivity contribution in [1.29, 1.82) is 0 Å². The molecule has 0 spiro atoms. The van der Waals surface area contributed by atoms with Gasteiger partial charge in [-0.25, -0.2) is 0 Å². The molecule has 0 aliphatic carbocycles. The molecular weight excluding hydrogens is 366 g/mol. The third-order valence-corrected chi connectivity index (χ3v) is 5.23. The molecule has 0 atom stereocenters. The van der Waals surface area contributed by atoms with Crippen LogP contribution in [0.4, 0.5) is 5.69 Å². The van der Waals surface area contributed by atoms with Crippen molar-refractivity contribution >= 4 is 23.2 Å². The molecule has 0 bridgehead atoms. The minimum absolute atomic E-state index is 0.136. The van der Waals surface area contributed by atoms with Crippen molar-refractivity contribution in [2.45, 2.75) is 39.5 Å². The number of carbonyl (C=O) groups is 1. The van der Waals surface area contributed by atoms with Gasteiger partial charge in [-0.05, 0) is 52.8 Å². The number of rotatable bonds is 6. The minimum atomic E-state index is -0.136. The van der Waals surface area contributed by atoms with Gasteiger partial charge >= 0.3 is 0 Å². The molecule has 1 amide bonds. The van der Waals surface area contributed by atoms with E-state index >= 15 is 0 Å². The largest absolute Gasteiger partial charge is 0.496 e. The highest BCUT2D eigenvalue weighted by atomic mass is 16.5. The summed E-state index contributed by atoms with van der Waals surface area (Å²) in [5.41, 5.74) is 5.38. The summed E-state index contributed by atoms with van der Waals surface area (Å²) >= 11 is 0. The van der Waals surface area contributed by atoms with Crippen molar-refractivity contribution in [3.8, 4) is 17.2 Å². The molecule has 0 fully saturated rings. The monoisotopic (exact) mass is 395 g/mol. The number of anilines is 1. The van der Waals surface area contributed by atoms with E-state index in [2.05, 4.69) is 45.1 Å². The molecule has 154 valence electrons. The summed E-state index contributed by atoms with van der Waals surface area (Å²) in [6, 6.07) is 7.84. The van der Waals surface area contributed by atoms with Crippen LogP contribution in [0.25, 0.3) is 11.6 Å². The predicted molar refractivity (Wildman–Crippen MR) is 117 cm³/mol. The first-order valence-corrected chi connectivity index (χ1v) is 9.81. The molecular formula is C24H29NO4. The van der Waals surface area contributed by atoms with Gasteiger partial charge in [-0.2, -0.15) is 0 Å². The van der Waals surface area contributed by atoms with Crippen molar-refractivity contribution in [1.82, 2.24) is 0 Å². The van der Waals surface area contributed by atoms with Crippen LogP contribution in [0, 0.1) is 0 Å². The van der Waals surface area contributed by atoms with E-state index in [4.69, 9.17) is 14.2 Å². The van der Waals surface area contributed by atoms with Gasteiger partial charge in [0.15, 0.2) is 11.5 Å². The molecule has 2 aromatic carbocycles. The van der Waals surface area contributed by atoms with E-state index in [0.717, 1.165) is 33.7 Å². The van der Waals surface area contributed by atoms with Crippen LogP contribution in [0.2, 0.25) is 0 Å². The van der Waals surface area contributed by atoms with Crippen molar-refractivity contribution in [2.24, 2.45) is 0 Å². The molecule has 1 N–H and O–H groups in total. The normalized spacial score (nSPS) is 14.4. The van der Waals surface area contributed by atoms with Crippen LogP contribution in [-0.4, -0.2) is 27.2 Å². The van der Waals surface area contributed by atoms with E-state index in [1.165, 1.54) is 0 Å². The summed E-state index contributed by atoms with van der Waals surface area (Å²) in [5, 5.41) is 2.92. The third-order valence-electron chi connectivity index (χ3n) is 5.23. The summed E-state index contributed by atoms with van der Waals surface area (Å²) < 4.78 is 16.5. The lowest BCUT2D eigenvalue weighted by Gasteiger charge is -2.19. The Kier molecular flexibility index (Phi) is 5.87. The molecule has 1 aliphatic heterocycles. The molecule has 1 aliphatic rings. The number of ether oxygens (including phenoxy) is 3. The van der Waals surface area contributed by atoms with Crippen LogP contribution in [0.1, 0.15) is 61.8 Å². The highest BCUT2D eigenvalue weighted by Crippen LogP contribution is 2.42. The number of benzene rings is 2. The van der Waals surface area contributed by atoms with Gasteiger partial charge in [0.2, 0.25) is 0 Å². The molecule has 1 heterocycles. The average molecular weight is 395 g/mol. The van der Waals surface area contributed by atoms with E-state index < -0.39 is 0 Å². The van der Waals surface area contributed by atoms with Crippen LogP contribution in [0.5, 0.6) is 17.2 Å². The number of hydrogen-bond donors (Lipinski definition) is 1. The standard InChI is InChI=1S/C24H29NO4/c1-13(2)16-8-15(9-17(14(3)4)23(16)29-7)10-19-18-11-21(27-5)22(28-6)12-20(18)25-24(19)26/h8-14H,1-7H3,(H,25,26). The Morgan fingerprint density at radius 1 is 0.828 bits per heavy atom. The molecule has 5 heteroatoms. The summed E-state index contributed by atoms with van der Waals surface area (Å²) in [5.74, 6) is 2.57. The summed E-state index contributed by atoms with van der Waals surface area (Å²) in [4.78, 5) is 12.7. The maximum atomic E-state index is 12.7. The first-order chi connectivity index (χ1) is 13.8. The van der Waals surface area contributed by atoms with Gasteiger partial charge in [-0.15, -0.1) is 0 Å². The van der Waals surface area contributed by atoms with E-state index in [0.29, 0.717) is 28.9 Å². The van der Waals surface area contributed by atoms with Gasteiger partial charge in [-0.3, -0.25) is 4.79 Å². The van der Waals surface area contributed by atoms with Crippen molar-refractivity contribution in [3.63, 3.8) is 0 Å². The highest BCUT2D eigenvalue weighted by molar-refractivity contribution is 6.35. The number of amides is 1. The summed E-state index contributed by atoms with van der Waals surface area (Å²) in [6.45, 7) is 8.59. The topological polar surface area (TPSA) is 56.8 Å². The lowest BCUT2D eigenvalue weighted by atomic mass is 9.90. The molecule has 3 rings (SSSR count). The Morgan fingerprint density at radius 3 is 1.86 bits per heavy atom. The first kappa shape index (κ1) is 20.8. The van der Waals surface area contributed by atoms with E-state index in [-0.39, 0.29) is 5.91 Å². The molecule has 0 saturated heterocycles. The summed E-state index contributed by atoms with van der Waals surface area (Å²) in [6.07, 6.45) is 1.93. The van der Waals surface area contributed by atoms with Gasteiger partial charge in [0.05, 0.1) is 27.0 Å². The number of hydrogen-bond acceptors (Lipinski definition) is 4. The fraction of sp³-hybridized carbons (Fsp3) is 0.375. The molecule has 0 saturated carbocycles. The van der Waals surface area contributed by atoms with Gasteiger partial charge in [0, 0.05) is 17.2 Å². The molecule has 0 radical (unpaired) electrons. The molecule has 29 heavy (non-hydrogen) atoms. The van der Waals surface area contributed by atoms with Gasteiger partial charge in [0.1, 0.15) is 5.75 Å². The quantitative estimate of drug-likeness (QED) is 0.661. The van der Waals surface area contributed by atoms with Crippen molar-refractivity contribution in [3.05, 3.63) is 46.5 Å². The van der Waals surface area contributed by atoms with Crippen LogP contribution < -0.4 is 19.5 Å². The third kappa shape index (κ3) is 3.82. The fourth-order valence-corrected chi connectivity index (χ4v) is 3.70. The Hall–Kier alpha value is -2.95. The van der Waals surface area contributed by atoms with Crippen LogP contribution in [0.3, 0.4) is 0 Å². The Bertz CT molecular complexity index is 944. The number of fused-ring (bicyclic) bond motifs is 1. The molecule has 2 aromatic rings. The second-order valence-electron chi connectivity index (χ2n) is 7.81. The lowest BCUT2D eigenvalue weighted by molar-refractivity contribution is -0.110. The van der Waals surface area contributed by atoms with Crippen molar-refractivity contribution < 1.29 is 19.0 Å². The van der Waals surface area contributed by atoms with Crippen molar-refractivity contribution in [2.75, 3.05) is 26.6 Å². The van der Waals surface area contributed by atoms with E-state index in [1.54, 1.807) is 27.4 Å². The number of carbonyl (C=O) groups excluding carboxylic acids is 1.